The first-order chi connectivity index (χ1) is 12.3. The predicted molar refractivity (Wildman–Crippen MR) is 105 cm³/mol. The fourth-order valence-corrected chi connectivity index (χ4v) is 3.23. The van der Waals surface area contributed by atoms with Crippen LogP contribution in [0.25, 0.3) is 0 Å². The maximum absolute atomic E-state index is 11.1. The van der Waals surface area contributed by atoms with Crippen molar-refractivity contribution >= 4 is 29.7 Å². The van der Waals surface area contributed by atoms with Crippen LogP contribution in [0.2, 0.25) is 5.02 Å². The molecule has 1 aromatic carbocycles. The number of carbonyl (C=O) groups excluding carboxylic acids is 1. The molecule has 0 saturated heterocycles. The first-order valence-corrected chi connectivity index (χ1v) is 9.55. The van der Waals surface area contributed by atoms with Gasteiger partial charge in [-0.3, -0.25) is 4.79 Å². The largest absolute Gasteiger partial charge is 0.370 e. The lowest BCUT2D eigenvalue weighted by molar-refractivity contribution is -0.917. The highest BCUT2D eigenvalue weighted by Gasteiger charge is 2.15. The minimum Gasteiger partial charge on any atom is -0.370 e. The quantitative estimate of drug-likeness (QED) is 0.635. The van der Waals surface area contributed by atoms with Crippen molar-refractivity contribution in [3.63, 3.8) is 0 Å². The van der Waals surface area contributed by atoms with Crippen molar-refractivity contribution in [3.05, 3.63) is 45.4 Å². The van der Waals surface area contributed by atoms with E-state index in [1.54, 1.807) is 0 Å². The third-order valence-electron chi connectivity index (χ3n) is 3.98. The van der Waals surface area contributed by atoms with Gasteiger partial charge in [0.1, 0.15) is 12.4 Å². The van der Waals surface area contributed by atoms with Crippen LogP contribution in [0.4, 0.5) is 0 Å². The molecule has 6 nitrogen and oxygen atoms in total. The molecule has 1 atom stereocenters. The van der Waals surface area contributed by atoms with E-state index in [1.807, 2.05) is 33.5 Å². The molecule has 1 heterocycles. The SMILES string of the molecule is CC(C)Cn1c(CCC(N)=O)nn(C[NH+](C)Cc2ccc(Cl)cc2)c1=S. The number of aromatic nitrogens is 3. The Labute approximate surface area is 164 Å². The van der Waals surface area contributed by atoms with Crippen molar-refractivity contribution in [3.8, 4) is 0 Å². The summed E-state index contributed by atoms with van der Waals surface area (Å²) in [7, 11) is 2.10. The minimum absolute atomic E-state index is 0.275. The Morgan fingerprint density at radius 2 is 2.00 bits per heavy atom. The van der Waals surface area contributed by atoms with Gasteiger partial charge in [-0.1, -0.05) is 37.6 Å². The van der Waals surface area contributed by atoms with Crippen LogP contribution < -0.4 is 10.6 Å². The van der Waals surface area contributed by atoms with Gasteiger partial charge in [-0.05, 0) is 30.3 Å². The monoisotopic (exact) mass is 396 g/mol. The van der Waals surface area contributed by atoms with Gasteiger partial charge in [0.25, 0.3) is 0 Å². The maximum atomic E-state index is 11.1. The number of quaternary nitrogens is 1. The first kappa shape index (κ1) is 20.6. The Morgan fingerprint density at radius 1 is 1.35 bits per heavy atom. The summed E-state index contributed by atoms with van der Waals surface area (Å²) < 4.78 is 4.56. The number of carbonyl (C=O) groups is 1. The number of nitrogens with one attached hydrogen (secondary N) is 1. The molecule has 1 unspecified atom stereocenters. The Morgan fingerprint density at radius 3 is 2.58 bits per heavy atom. The molecule has 142 valence electrons. The lowest BCUT2D eigenvalue weighted by atomic mass is 10.2. The topological polar surface area (TPSA) is 70.3 Å². The van der Waals surface area contributed by atoms with Gasteiger partial charge in [0.2, 0.25) is 10.7 Å². The van der Waals surface area contributed by atoms with Gasteiger partial charge in [-0.25, -0.2) is 0 Å². The molecule has 1 aromatic heterocycles. The average Bonchev–Trinajstić information content (AvgIpc) is 2.83. The second-order valence-corrected chi connectivity index (χ2v) is 7.89. The summed E-state index contributed by atoms with van der Waals surface area (Å²) >= 11 is 11.6. The average molecular weight is 397 g/mol. The number of hydrogen-bond donors (Lipinski definition) is 2. The van der Waals surface area contributed by atoms with Gasteiger partial charge in [-0.15, -0.1) is 0 Å². The molecule has 2 aromatic rings. The second kappa shape index (κ2) is 9.30. The molecule has 0 fully saturated rings. The maximum Gasteiger partial charge on any atom is 0.217 e. The van der Waals surface area contributed by atoms with E-state index < -0.39 is 0 Å². The lowest BCUT2D eigenvalue weighted by Gasteiger charge is -2.14. The van der Waals surface area contributed by atoms with E-state index in [2.05, 4.69) is 26.0 Å². The van der Waals surface area contributed by atoms with Crippen molar-refractivity contribution in [2.45, 2.75) is 46.4 Å². The zero-order valence-corrected chi connectivity index (χ0v) is 17.1. The van der Waals surface area contributed by atoms with E-state index in [9.17, 15) is 4.79 Å². The number of primary amides is 1. The van der Waals surface area contributed by atoms with Crippen molar-refractivity contribution < 1.29 is 9.69 Å². The van der Waals surface area contributed by atoms with Gasteiger partial charge < -0.3 is 15.2 Å². The Hall–Kier alpha value is -1.70. The molecule has 0 aliphatic heterocycles. The Kier molecular flexibility index (Phi) is 7.37. The molecule has 8 heteroatoms. The molecule has 3 N–H and O–H groups in total. The summed E-state index contributed by atoms with van der Waals surface area (Å²) in [6, 6.07) is 7.85. The van der Waals surface area contributed by atoms with E-state index >= 15 is 0 Å². The standard InChI is InChI=1S/C18H26ClN5OS/c1-13(2)10-23-17(9-8-16(20)25)21-24(18(23)26)12-22(3)11-14-4-6-15(19)7-5-14/h4-7,13H,8-12H2,1-3H3,(H2,20,25)/p+1. The molecule has 0 radical (unpaired) electrons. The van der Waals surface area contributed by atoms with Gasteiger partial charge >= 0.3 is 0 Å². The number of rotatable bonds is 9. The van der Waals surface area contributed by atoms with E-state index in [4.69, 9.17) is 29.6 Å². The smallest absolute Gasteiger partial charge is 0.217 e. The van der Waals surface area contributed by atoms with Crippen molar-refractivity contribution in [1.82, 2.24) is 14.3 Å². The van der Waals surface area contributed by atoms with E-state index in [1.165, 1.54) is 10.5 Å². The number of halogens is 1. The van der Waals surface area contributed by atoms with Gasteiger partial charge in [0.05, 0.1) is 7.05 Å². The van der Waals surface area contributed by atoms with Crippen LogP contribution in [-0.4, -0.2) is 27.3 Å². The fraction of sp³-hybridized carbons (Fsp3) is 0.500. The number of nitrogens with two attached hydrogens (primary N) is 1. The van der Waals surface area contributed by atoms with Crippen molar-refractivity contribution in [2.24, 2.45) is 11.7 Å². The summed E-state index contributed by atoms with van der Waals surface area (Å²) in [5.41, 5.74) is 6.49. The van der Waals surface area contributed by atoms with Crippen LogP contribution in [-0.2, 0) is 31.0 Å². The van der Waals surface area contributed by atoms with Crippen LogP contribution in [0.5, 0.6) is 0 Å². The van der Waals surface area contributed by atoms with Crippen molar-refractivity contribution in [1.29, 1.82) is 0 Å². The highest BCUT2D eigenvalue weighted by Crippen LogP contribution is 2.10. The van der Waals surface area contributed by atoms with Crippen LogP contribution in [0.3, 0.4) is 0 Å². The predicted octanol–water partition coefficient (Wildman–Crippen LogP) is 1.81. The van der Waals surface area contributed by atoms with Crippen LogP contribution in [0.15, 0.2) is 24.3 Å². The first-order valence-electron chi connectivity index (χ1n) is 8.76. The third-order valence-corrected chi connectivity index (χ3v) is 4.66. The third kappa shape index (κ3) is 5.93. The second-order valence-electron chi connectivity index (χ2n) is 7.09. The molecule has 26 heavy (non-hydrogen) atoms. The minimum atomic E-state index is -0.327. The zero-order valence-electron chi connectivity index (χ0n) is 15.5. The molecule has 0 aliphatic carbocycles. The molecular formula is C18H27ClN5OS+. The van der Waals surface area contributed by atoms with E-state index in [0.717, 1.165) is 23.9 Å². The van der Waals surface area contributed by atoms with Crippen LogP contribution in [0.1, 0.15) is 31.7 Å². The van der Waals surface area contributed by atoms with Crippen molar-refractivity contribution in [2.75, 3.05) is 7.05 Å². The number of benzene rings is 1. The summed E-state index contributed by atoms with van der Waals surface area (Å²) in [6.45, 7) is 6.54. The van der Waals surface area contributed by atoms with E-state index in [0.29, 0.717) is 23.8 Å². The molecule has 0 bridgehead atoms. The molecule has 2 rings (SSSR count). The highest BCUT2D eigenvalue weighted by molar-refractivity contribution is 7.71. The molecular weight excluding hydrogens is 370 g/mol. The fourth-order valence-electron chi connectivity index (χ4n) is 2.82. The van der Waals surface area contributed by atoms with Gasteiger partial charge in [0.15, 0.2) is 6.67 Å². The zero-order chi connectivity index (χ0) is 19.3. The van der Waals surface area contributed by atoms with Crippen LogP contribution >= 0.6 is 23.8 Å². The van der Waals surface area contributed by atoms with Gasteiger partial charge in [-0.2, -0.15) is 9.78 Å². The van der Waals surface area contributed by atoms with E-state index in [-0.39, 0.29) is 12.3 Å². The molecule has 1 amide bonds. The Balaban J connectivity index is 2.15. The molecule has 0 aliphatic rings. The molecule has 0 saturated carbocycles. The summed E-state index contributed by atoms with van der Waals surface area (Å²) in [6.07, 6.45) is 0.784. The number of nitrogens with zero attached hydrogens (tertiary/aromatic N) is 3. The van der Waals surface area contributed by atoms with Gasteiger partial charge in [0, 0.05) is 30.0 Å². The Bertz CT molecular complexity index is 797. The number of aryl methyl sites for hydroxylation is 1. The normalized spacial score (nSPS) is 12.5. The number of amides is 1. The molecule has 0 spiro atoms. The highest BCUT2D eigenvalue weighted by atomic mass is 35.5. The lowest BCUT2D eigenvalue weighted by Crippen LogP contribution is -3.07. The van der Waals surface area contributed by atoms with Crippen LogP contribution in [0, 0.1) is 10.7 Å². The summed E-state index contributed by atoms with van der Waals surface area (Å²) in [5, 5.41) is 5.39. The summed E-state index contributed by atoms with van der Waals surface area (Å²) in [5.74, 6) is 0.930. The number of hydrogen-bond acceptors (Lipinski definition) is 3. The summed E-state index contributed by atoms with van der Waals surface area (Å²) in [4.78, 5) is 12.4.